The summed E-state index contributed by atoms with van der Waals surface area (Å²) < 4.78 is 12.0. The summed E-state index contributed by atoms with van der Waals surface area (Å²) in [6.07, 6.45) is 1.89. The van der Waals surface area contributed by atoms with Crippen LogP contribution < -0.4 is 9.47 Å². The fraction of sp³-hybridized carbons (Fsp3) is 0.615. The normalized spacial score (nSPS) is 10.4. The molecule has 30 heavy (non-hydrogen) atoms. The molecule has 4 heteroatoms. The Morgan fingerprint density at radius 3 is 1.37 bits per heavy atom. The van der Waals surface area contributed by atoms with Gasteiger partial charge in [-0.15, -0.1) is 0 Å². The Balaban J connectivity index is 3.28. The molecule has 166 valence electrons. The van der Waals surface area contributed by atoms with Gasteiger partial charge in [-0.1, -0.05) is 65.2 Å². The van der Waals surface area contributed by atoms with Gasteiger partial charge in [0.05, 0.1) is 37.4 Å². The second kappa shape index (κ2) is 15.7. The van der Waals surface area contributed by atoms with E-state index in [-0.39, 0.29) is 0 Å². The maximum absolute atomic E-state index is 6.00. The first kappa shape index (κ1) is 25.9. The van der Waals surface area contributed by atoms with Crippen LogP contribution in [-0.4, -0.2) is 62.3 Å². The topological polar surface area (TPSA) is 24.9 Å². The van der Waals surface area contributed by atoms with E-state index in [1.54, 1.807) is 0 Å². The number of ether oxygens (including phenoxy) is 2. The molecule has 1 rings (SSSR count). The van der Waals surface area contributed by atoms with Gasteiger partial charge in [0.1, 0.15) is 11.5 Å². The molecule has 0 atom stereocenters. The molecule has 0 saturated heterocycles. The van der Waals surface area contributed by atoms with E-state index in [4.69, 9.17) is 9.47 Å². The molecule has 0 unspecified atom stereocenters. The van der Waals surface area contributed by atoms with Crippen molar-refractivity contribution >= 4 is 0 Å². The molecule has 0 aromatic heterocycles. The zero-order valence-corrected chi connectivity index (χ0v) is 19.9. The largest absolute Gasteiger partial charge is 0.492 e. The predicted molar refractivity (Wildman–Crippen MR) is 127 cm³/mol. The summed E-state index contributed by atoms with van der Waals surface area (Å²) in [7, 11) is 0. The summed E-state index contributed by atoms with van der Waals surface area (Å²) in [5.41, 5.74) is 1.76. The Bertz CT molecular complexity index is 670. The predicted octanol–water partition coefficient (Wildman–Crippen LogP) is 4.65. The number of benzene rings is 1. The Hall–Kier alpha value is -2.14. The minimum absolute atomic E-state index is 0.658. The zero-order valence-electron chi connectivity index (χ0n) is 19.9. The second-order valence-electron chi connectivity index (χ2n) is 7.07. The van der Waals surface area contributed by atoms with Crippen molar-refractivity contribution in [3.8, 4) is 35.2 Å². The van der Waals surface area contributed by atoms with E-state index < -0.39 is 0 Å². The minimum Gasteiger partial charge on any atom is -0.492 e. The molecule has 0 bridgehead atoms. The summed E-state index contributed by atoms with van der Waals surface area (Å²) in [6.45, 7) is 19.6. The molecular weight excluding hydrogens is 372 g/mol. The highest BCUT2D eigenvalue weighted by Gasteiger charge is 2.10. The van der Waals surface area contributed by atoms with E-state index in [2.05, 4.69) is 75.0 Å². The molecule has 0 aliphatic rings. The first-order valence-corrected chi connectivity index (χ1v) is 11.5. The lowest BCUT2D eigenvalue weighted by atomic mass is 10.1. The van der Waals surface area contributed by atoms with E-state index in [9.17, 15) is 0 Å². The zero-order chi connectivity index (χ0) is 22.2. The van der Waals surface area contributed by atoms with Crippen LogP contribution in [0.1, 0.15) is 65.5 Å². The van der Waals surface area contributed by atoms with Crippen LogP contribution >= 0.6 is 0 Å². The molecular formula is C26H40N2O2. The van der Waals surface area contributed by atoms with Gasteiger partial charge >= 0.3 is 0 Å². The Morgan fingerprint density at radius 2 is 1.03 bits per heavy atom. The maximum Gasteiger partial charge on any atom is 0.138 e. The lowest BCUT2D eigenvalue weighted by molar-refractivity contribution is 0.300. The first-order chi connectivity index (χ1) is 14.6. The van der Waals surface area contributed by atoms with Crippen molar-refractivity contribution in [3.63, 3.8) is 0 Å². The maximum atomic E-state index is 6.00. The van der Waals surface area contributed by atoms with Gasteiger partial charge in [-0.3, -0.25) is 9.80 Å². The van der Waals surface area contributed by atoms with Crippen molar-refractivity contribution in [3.05, 3.63) is 23.3 Å². The van der Waals surface area contributed by atoms with Crippen molar-refractivity contribution in [2.24, 2.45) is 0 Å². The Morgan fingerprint density at radius 1 is 0.633 bits per heavy atom. The van der Waals surface area contributed by atoms with Crippen LogP contribution in [0.4, 0.5) is 0 Å². The van der Waals surface area contributed by atoms with Crippen LogP contribution in [0.15, 0.2) is 12.1 Å². The average Bonchev–Trinajstić information content (AvgIpc) is 2.77. The highest BCUT2D eigenvalue weighted by Crippen LogP contribution is 2.29. The smallest absolute Gasteiger partial charge is 0.138 e. The van der Waals surface area contributed by atoms with Gasteiger partial charge in [-0.25, -0.2) is 0 Å². The third-order valence-electron chi connectivity index (χ3n) is 4.85. The monoisotopic (exact) mass is 412 g/mol. The number of hydrogen-bond donors (Lipinski definition) is 0. The highest BCUT2D eigenvalue weighted by atomic mass is 16.5. The van der Waals surface area contributed by atoms with Gasteiger partial charge in [0.15, 0.2) is 0 Å². The van der Waals surface area contributed by atoms with E-state index >= 15 is 0 Å². The van der Waals surface area contributed by atoms with Gasteiger partial charge in [-0.2, -0.15) is 0 Å². The molecule has 0 amide bonds. The third kappa shape index (κ3) is 9.12. The summed E-state index contributed by atoms with van der Waals surface area (Å²) in [5, 5.41) is 0. The van der Waals surface area contributed by atoms with Crippen molar-refractivity contribution in [2.75, 3.05) is 52.5 Å². The molecule has 1 aromatic rings. The van der Waals surface area contributed by atoms with Crippen molar-refractivity contribution in [2.45, 2.75) is 54.4 Å². The SMILES string of the molecule is CCCOc1cc(OCCC)c(C#CCN(CC)CC)cc1C#CCN(CC)CC. The van der Waals surface area contributed by atoms with Crippen LogP contribution in [-0.2, 0) is 0 Å². The number of rotatable bonds is 12. The van der Waals surface area contributed by atoms with E-state index in [0.29, 0.717) is 13.2 Å². The molecule has 0 aliphatic carbocycles. The average molecular weight is 413 g/mol. The van der Waals surface area contributed by atoms with Crippen molar-refractivity contribution in [1.82, 2.24) is 9.80 Å². The van der Waals surface area contributed by atoms with Gasteiger partial charge in [0, 0.05) is 6.07 Å². The van der Waals surface area contributed by atoms with Gasteiger partial charge < -0.3 is 9.47 Å². The van der Waals surface area contributed by atoms with Crippen molar-refractivity contribution < 1.29 is 9.47 Å². The summed E-state index contributed by atoms with van der Waals surface area (Å²) in [6, 6.07) is 3.99. The molecule has 0 saturated carbocycles. The van der Waals surface area contributed by atoms with Crippen LogP contribution in [0, 0.1) is 23.7 Å². The lowest BCUT2D eigenvalue weighted by Gasteiger charge is -2.15. The molecule has 0 spiro atoms. The van der Waals surface area contributed by atoms with Gasteiger partial charge in [0.2, 0.25) is 0 Å². The quantitative estimate of drug-likeness (QED) is 0.467. The van der Waals surface area contributed by atoms with Crippen molar-refractivity contribution in [1.29, 1.82) is 0 Å². The summed E-state index contributed by atoms with van der Waals surface area (Å²) in [4.78, 5) is 4.59. The Kier molecular flexibility index (Phi) is 13.5. The minimum atomic E-state index is 0.658. The molecule has 0 aliphatic heterocycles. The highest BCUT2D eigenvalue weighted by molar-refractivity contribution is 5.58. The van der Waals surface area contributed by atoms with Gasteiger partial charge in [0.25, 0.3) is 0 Å². The number of nitrogens with zero attached hydrogens (tertiary/aromatic N) is 2. The Labute approximate surface area is 184 Å². The van der Waals surface area contributed by atoms with Gasteiger partial charge in [-0.05, 0) is 45.1 Å². The second-order valence-corrected chi connectivity index (χ2v) is 7.07. The van der Waals surface area contributed by atoms with Crippen LogP contribution in [0.25, 0.3) is 0 Å². The molecule has 0 radical (unpaired) electrons. The summed E-state index contributed by atoms with van der Waals surface area (Å²) >= 11 is 0. The molecule has 1 aromatic carbocycles. The molecule has 4 nitrogen and oxygen atoms in total. The van der Waals surface area contributed by atoms with E-state index in [0.717, 1.165) is 74.7 Å². The fourth-order valence-corrected chi connectivity index (χ4v) is 2.81. The number of hydrogen-bond acceptors (Lipinski definition) is 4. The third-order valence-corrected chi connectivity index (χ3v) is 4.85. The lowest BCUT2D eigenvalue weighted by Crippen LogP contribution is -2.22. The standard InChI is InChI=1S/C26H40N2O2/c1-7-19-29-25-22-26(30-20-8-2)24(16-14-18-28(11-5)12-6)21-23(25)15-13-17-27(9-3)10-4/h21-22H,7-12,17-20H2,1-6H3. The van der Waals surface area contributed by atoms with Crippen LogP contribution in [0.5, 0.6) is 11.5 Å². The van der Waals surface area contributed by atoms with Crippen LogP contribution in [0.3, 0.4) is 0 Å². The first-order valence-electron chi connectivity index (χ1n) is 11.5. The molecule has 0 N–H and O–H groups in total. The fourth-order valence-electron chi connectivity index (χ4n) is 2.81. The summed E-state index contributed by atoms with van der Waals surface area (Å²) in [5.74, 6) is 14.8. The van der Waals surface area contributed by atoms with E-state index in [1.165, 1.54) is 0 Å². The van der Waals surface area contributed by atoms with Crippen LogP contribution in [0.2, 0.25) is 0 Å². The molecule has 0 heterocycles. The molecule has 0 fully saturated rings. The van der Waals surface area contributed by atoms with E-state index in [1.807, 2.05) is 12.1 Å².